The number of nitrogens with one attached hydrogen (secondary N) is 1. The maximum atomic E-state index is 12.4. The van der Waals surface area contributed by atoms with E-state index in [2.05, 4.69) is 14.8 Å². The molecule has 0 amide bonds. The first-order chi connectivity index (χ1) is 14.1. The lowest BCUT2D eigenvalue weighted by atomic mass is 10.1. The van der Waals surface area contributed by atoms with Crippen LogP contribution in [-0.4, -0.2) is 69.8 Å². The number of ether oxygens (including phenoxy) is 5. The molecule has 0 atom stereocenters. The number of hydrogen-bond donors (Lipinski definition) is 1. The van der Waals surface area contributed by atoms with Gasteiger partial charge >= 0.3 is 17.9 Å². The van der Waals surface area contributed by atoms with Crippen molar-refractivity contribution in [3.63, 3.8) is 0 Å². The van der Waals surface area contributed by atoms with Gasteiger partial charge in [-0.15, -0.1) is 0 Å². The molecule has 1 aromatic carbocycles. The Balaban J connectivity index is 2.80. The van der Waals surface area contributed by atoms with Gasteiger partial charge in [0.05, 0.1) is 27.3 Å². The third kappa shape index (κ3) is 9.37. The molecule has 1 aromatic rings. The third-order valence-electron chi connectivity index (χ3n) is 3.39. The van der Waals surface area contributed by atoms with Crippen molar-refractivity contribution in [2.24, 2.45) is 0 Å². The van der Waals surface area contributed by atoms with Crippen LogP contribution in [0.25, 0.3) is 0 Å². The molecule has 0 aromatic heterocycles. The van der Waals surface area contributed by atoms with Gasteiger partial charge in [0.2, 0.25) is 0 Å². The van der Waals surface area contributed by atoms with Gasteiger partial charge < -0.3 is 23.7 Å². The number of esters is 3. The summed E-state index contributed by atoms with van der Waals surface area (Å²) >= 11 is 0. The van der Waals surface area contributed by atoms with Crippen molar-refractivity contribution < 1.29 is 42.9 Å². The molecule has 10 heteroatoms. The third-order valence-corrected chi connectivity index (χ3v) is 3.39. The highest BCUT2D eigenvalue weighted by Gasteiger charge is 2.17. The average Bonchev–Trinajstić information content (AvgIpc) is 2.68. The predicted octanol–water partition coefficient (Wildman–Crippen LogP) is 0.904. The van der Waals surface area contributed by atoms with Crippen molar-refractivity contribution in [3.05, 3.63) is 23.8 Å². The zero-order valence-corrected chi connectivity index (χ0v) is 17.7. The summed E-state index contributed by atoms with van der Waals surface area (Å²) in [6.07, 6.45) is 0. The summed E-state index contributed by atoms with van der Waals surface area (Å²) in [6, 6.07) is 4.26. The zero-order valence-electron chi connectivity index (χ0n) is 17.7. The lowest BCUT2D eigenvalue weighted by Gasteiger charge is -2.19. The van der Waals surface area contributed by atoms with Crippen LogP contribution in [0.3, 0.4) is 0 Å². The number of Topliss-reactive ketones (excluding diaryl/α,β-unsaturated/α-hetero) is 1. The highest BCUT2D eigenvalue weighted by atomic mass is 16.6. The number of ketones is 1. The Morgan fingerprint density at radius 2 is 1.40 bits per heavy atom. The van der Waals surface area contributed by atoms with Crippen LogP contribution in [0.15, 0.2) is 18.2 Å². The highest BCUT2D eigenvalue weighted by molar-refractivity contribution is 5.98. The van der Waals surface area contributed by atoms with Crippen LogP contribution in [0, 0.1) is 0 Å². The quantitative estimate of drug-likeness (QED) is 0.310. The molecule has 0 fully saturated rings. The van der Waals surface area contributed by atoms with E-state index in [1.54, 1.807) is 20.8 Å². The number of carbonyl (C=O) groups excluding carboxylic acids is 4. The van der Waals surface area contributed by atoms with Crippen LogP contribution in [0.5, 0.6) is 11.5 Å². The maximum absolute atomic E-state index is 12.4. The Hall–Kier alpha value is -3.14. The van der Waals surface area contributed by atoms with Crippen LogP contribution in [-0.2, 0) is 28.6 Å². The van der Waals surface area contributed by atoms with E-state index in [1.807, 2.05) is 0 Å². The first kappa shape index (κ1) is 24.9. The van der Waals surface area contributed by atoms with Gasteiger partial charge in [0.25, 0.3) is 0 Å². The maximum Gasteiger partial charge on any atom is 0.343 e. The molecule has 0 saturated heterocycles. The van der Waals surface area contributed by atoms with Gasteiger partial charge in [0.15, 0.2) is 30.5 Å². The van der Waals surface area contributed by atoms with Crippen molar-refractivity contribution in [1.82, 2.24) is 5.32 Å². The highest BCUT2D eigenvalue weighted by Crippen LogP contribution is 2.28. The smallest absolute Gasteiger partial charge is 0.343 e. The topological polar surface area (TPSA) is 126 Å². The number of methoxy groups -OCH3 is 2. The fraction of sp³-hybridized carbons (Fsp3) is 0.500. The van der Waals surface area contributed by atoms with E-state index >= 15 is 0 Å². The lowest BCUT2D eigenvalue weighted by molar-refractivity contribution is -0.153. The Morgan fingerprint density at radius 3 is 1.93 bits per heavy atom. The molecule has 0 unspecified atom stereocenters. The second kappa shape index (κ2) is 11.8. The van der Waals surface area contributed by atoms with E-state index in [9.17, 15) is 19.2 Å². The summed E-state index contributed by atoms with van der Waals surface area (Å²) in [5.41, 5.74) is -0.369. The average molecular weight is 425 g/mol. The second-order valence-corrected chi connectivity index (χ2v) is 7.00. The molecule has 0 spiro atoms. The van der Waals surface area contributed by atoms with Crippen molar-refractivity contribution in [2.75, 3.05) is 40.5 Å². The van der Waals surface area contributed by atoms with Crippen molar-refractivity contribution in [2.45, 2.75) is 26.4 Å². The molecule has 0 heterocycles. The Bertz CT molecular complexity index is 768. The van der Waals surface area contributed by atoms with E-state index in [-0.39, 0.29) is 42.5 Å². The fourth-order valence-electron chi connectivity index (χ4n) is 2.06. The van der Waals surface area contributed by atoms with Crippen LogP contribution in [0.2, 0.25) is 0 Å². The van der Waals surface area contributed by atoms with E-state index in [4.69, 9.17) is 14.2 Å². The van der Waals surface area contributed by atoms with Crippen LogP contribution < -0.4 is 14.8 Å². The monoisotopic (exact) mass is 425 g/mol. The summed E-state index contributed by atoms with van der Waals surface area (Å²) in [5, 5.41) is 2.72. The first-order valence-electron chi connectivity index (χ1n) is 9.04. The van der Waals surface area contributed by atoms with Crippen LogP contribution in [0.4, 0.5) is 0 Å². The standard InChI is InChI=1S/C20H27NO9/c1-20(2,3)30-17(23)10-21-9-14(22)13-6-7-15(28-11-18(24)26-4)16(8-13)29-12-19(25)27-5/h6-8,21H,9-12H2,1-5H3. The van der Waals surface area contributed by atoms with Crippen molar-refractivity contribution in [3.8, 4) is 11.5 Å². The molecule has 30 heavy (non-hydrogen) atoms. The van der Waals surface area contributed by atoms with E-state index in [0.717, 1.165) is 0 Å². The van der Waals surface area contributed by atoms with Gasteiger partial charge in [-0.2, -0.15) is 0 Å². The predicted molar refractivity (Wildman–Crippen MR) is 105 cm³/mol. The molecule has 1 N–H and O–H groups in total. The van der Waals surface area contributed by atoms with Gasteiger partial charge in [0, 0.05) is 5.56 Å². The number of benzene rings is 1. The molecule has 0 saturated carbocycles. The fourth-order valence-corrected chi connectivity index (χ4v) is 2.06. The molecule has 166 valence electrons. The molecule has 1 rings (SSSR count). The van der Waals surface area contributed by atoms with Gasteiger partial charge in [-0.05, 0) is 39.0 Å². The zero-order chi connectivity index (χ0) is 22.7. The summed E-state index contributed by atoms with van der Waals surface area (Å²) in [6.45, 7) is 4.18. The Morgan fingerprint density at radius 1 is 0.833 bits per heavy atom. The van der Waals surface area contributed by atoms with E-state index in [0.29, 0.717) is 0 Å². The van der Waals surface area contributed by atoms with Crippen molar-refractivity contribution >= 4 is 23.7 Å². The van der Waals surface area contributed by atoms with Gasteiger partial charge in [-0.3, -0.25) is 14.9 Å². The van der Waals surface area contributed by atoms with Gasteiger partial charge in [-0.25, -0.2) is 9.59 Å². The first-order valence-corrected chi connectivity index (χ1v) is 9.04. The number of hydrogen-bond acceptors (Lipinski definition) is 10. The lowest BCUT2D eigenvalue weighted by Crippen LogP contribution is -2.34. The molecule has 0 aliphatic rings. The van der Waals surface area contributed by atoms with Crippen LogP contribution >= 0.6 is 0 Å². The van der Waals surface area contributed by atoms with Crippen LogP contribution in [0.1, 0.15) is 31.1 Å². The van der Waals surface area contributed by atoms with Crippen molar-refractivity contribution in [1.29, 1.82) is 0 Å². The minimum absolute atomic E-state index is 0.0716. The van der Waals surface area contributed by atoms with Gasteiger partial charge in [0.1, 0.15) is 5.60 Å². The van der Waals surface area contributed by atoms with E-state index < -0.39 is 30.1 Å². The summed E-state index contributed by atoms with van der Waals surface area (Å²) in [7, 11) is 2.42. The molecule has 0 aliphatic heterocycles. The Kier molecular flexibility index (Phi) is 9.76. The summed E-state index contributed by atoms with van der Waals surface area (Å²) < 4.78 is 24.8. The molecule has 0 aliphatic carbocycles. The second-order valence-electron chi connectivity index (χ2n) is 7.00. The molecule has 10 nitrogen and oxygen atoms in total. The molecular formula is C20H27NO9. The van der Waals surface area contributed by atoms with E-state index in [1.165, 1.54) is 32.4 Å². The molecule has 0 radical (unpaired) electrons. The SMILES string of the molecule is COC(=O)COc1ccc(C(=O)CNCC(=O)OC(C)(C)C)cc1OCC(=O)OC. The normalized spacial score (nSPS) is 10.7. The molecule has 0 bridgehead atoms. The van der Waals surface area contributed by atoms with Gasteiger partial charge in [-0.1, -0.05) is 0 Å². The largest absolute Gasteiger partial charge is 0.478 e. The minimum atomic E-state index is -0.635. The number of carbonyl (C=O) groups is 4. The summed E-state index contributed by atoms with van der Waals surface area (Å²) in [5.74, 6) is -1.85. The number of rotatable bonds is 11. The summed E-state index contributed by atoms with van der Waals surface area (Å²) in [4.78, 5) is 46.7. The Labute approximate surface area is 174 Å². The molecular weight excluding hydrogens is 398 g/mol. The minimum Gasteiger partial charge on any atom is -0.478 e.